The fraction of sp³-hybridized carbons (Fsp3) is 0.350. The monoisotopic (exact) mass is 390 g/mol. The van der Waals surface area contributed by atoms with Gasteiger partial charge >= 0.3 is 0 Å². The molecule has 2 rings (SSSR count). The highest BCUT2D eigenvalue weighted by Crippen LogP contribution is 2.21. The average Bonchev–Trinajstić information content (AvgIpc) is 2.65. The molecule has 0 heterocycles. The van der Waals surface area contributed by atoms with E-state index in [1.165, 1.54) is 12.1 Å². The van der Waals surface area contributed by atoms with Crippen LogP contribution in [0.15, 0.2) is 53.4 Å². The Kier molecular flexibility index (Phi) is 6.98. The second kappa shape index (κ2) is 9.01. The van der Waals surface area contributed by atoms with Crippen molar-refractivity contribution in [3.05, 3.63) is 59.7 Å². The summed E-state index contributed by atoms with van der Waals surface area (Å²) in [5.74, 6) is 0.426. The number of ether oxygens (including phenoxy) is 1. The number of carbonyl (C=O) groups is 1. The summed E-state index contributed by atoms with van der Waals surface area (Å²) in [5, 5.41) is 2.96. The van der Waals surface area contributed by atoms with Crippen LogP contribution in [0, 0.1) is 0 Å². The van der Waals surface area contributed by atoms with Crippen molar-refractivity contribution in [1.82, 2.24) is 10.0 Å². The molecule has 1 atom stereocenters. The lowest BCUT2D eigenvalue weighted by molar-refractivity contribution is 0.0935. The highest BCUT2D eigenvalue weighted by atomic mass is 32.2. The minimum atomic E-state index is -3.65. The fourth-order valence-electron chi connectivity index (χ4n) is 2.68. The van der Waals surface area contributed by atoms with Gasteiger partial charge in [0, 0.05) is 11.6 Å². The van der Waals surface area contributed by atoms with Crippen molar-refractivity contribution in [3.8, 4) is 5.75 Å². The van der Waals surface area contributed by atoms with Crippen molar-refractivity contribution in [2.45, 2.75) is 44.2 Å². The Hall–Kier alpha value is -2.38. The molecule has 0 radical (unpaired) electrons. The lowest BCUT2D eigenvalue weighted by Crippen LogP contribution is -2.31. The Morgan fingerprint density at radius 2 is 1.78 bits per heavy atom. The molecule has 2 aromatic rings. The standard InChI is InChI=1S/C20H26N2O4S/c1-5-19(15-9-11-17(26-4)12-10-15)21-20(23)16-7-6-8-18(13-16)27(24,25)22-14(2)3/h6-14,19,22H,5H2,1-4H3,(H,21,23). The highest BCUT2D eigenvalue weighted by Gasteiger charge is 2.19. The highest BCUT2D eigenvalue weighted by molar-refractivity contribution is 7.89. The normalized spacial score (nSPS) is 12.6. The van der Waals surface area contributed by atoms with Gasteiger partial charge in [0.2, 0.25) is 10.0 Å². The van der Waals surface area contributed by atoms with Gasteiger partial charge in [0.15, 0.2) is 0 Å². The second-order valence-electron chi connectivity index (χ2n) is 6.51. The number of rotatable bonds is 8. The van der Waals surface area contributed by atoms with Gasteiger partial charge in [-0.15, -0.1) is 0 Å². The number of sulfonamides is 1. The van der Waals surface area contributed by atoms with Crippen LogP contribution in [-0.2, 0) is 10.0 Å². The SMILES string of the molecule is CCC(NC(=O)c1cccc(S(=O)(=O)NC(C)C)c1)c1ccc(OC)cc1. The fourth-order valence-corrected chi connectivity index (χ4v) is 3.98. The number of methoxy groups -OCH3 is 1. The van der Waals surface area contributed by atoms with E-state index in [1.54, 1.807) is 33.1 Å². The van der Waals surface area contributed by atoms with E-state index in [1.807, 2.05) is 31.2 Å². The maximum absolute atomic E-state index is 12.7. The van der Waals surface area contributed by atoms with E-state index >= 15 is 0 Å². The molecular weight excluding hydrogens is 364 g/mol. The molecule has 27 heavy (non-hydrogen) atoms. The van der Waals surface area contributed by atoms with Gasteiger partial charge in [-0.1, -0.05) is 25.1 Å². The first-order valence-corrected chi connectivity index (χ1v) is 10.3. The van der Waals surface area contributed by atoms with E-state index in [2.05, 4.69) is 10.0 Å². The first-order chi connectivity index (χ1) is 12.8. The van der Waals surface area contributed by atoms with Crippen LogP contribution < -0.4 is 14.8 Å². The molecule has 146 valence electrons. The summed E-state index contributed by atoms with van der Waals surface area (Å²) in [6.07, 6.45) is 0.699. The minimum absolute atomic E-state index is 0.0707. The van der Waals surface area contributed by atoms with Crippen LogP contribution in [0.2, 0.25) is 0 Å². The molecule has 2 N–H and O–H groups in total. The smallest absolute Gasteiger partial charge is 0.251 e. The van der Waals surface area contributed by atoms with Crippen molar-refractivity contribution in [2.75, 3.05) is 7.11 Å². The van der Waals surface area contributed by atoms with Gasteiger partial charge in [-0.3, -0.25) is 4.79 Å². The molecule has 0 bridgehead atoms. The Balaban J connectivity index is 2.20. The van der Waals surface area contributed by atoms with Crippen LogP contribution >= 0.6 is 0 Å². The van der Waals surface area contributed by atoms with Crippen LogP contribution in [-0.4, -0.2) is 27.5 Å². The zero-order chi connectivity index (χ0) is 20.0. The Labute approximate surface area is 161 Å². The Morgan fingerprint density at radius 3 is 2.33 bits per heavy atom. The summed E-state index contributed by atoms with van der Waals surface area (Å²) in [6, 6.07) is 13.1. The number of hydrogen-bond donors (Lipinski definition) is 2. The van der Waals surface area contributed by atoms with Gasteiger partial charge in [0.1, 0.15) is 5.75 Å². The number of amides is 1. The van der Waals surface area contributed by atoms with E-state index in [9.17, 15) is 13.2 Å². The van der Waals surface area contributed by atoms with Gasteiger partial charge < -0.3 is 10.1 Å². The third-order valence-corrected chi connectivity index (χ3v) is 5.69. The molecule has 0 spiro atoms. The third-order valence-electron chi connectivity index (χ3n) is 4.03. The lowest BCUT2D eigenvalue weighted by Gasteiger charge is -2.18. The molecule has 0 aromatic heterocycles. The molecule has 0 aliphatic carbocycles. The minimum Gasteiger partial charge on any atom is -0.497 e. The van der Waals surface area contributed by atoms with Crippen molar-refractivity contribution in [2.24, 2.45) is 0 Å². The van der Waals surface area contributed by atoms with Crippen molar-refractivity contribution < 1.29 is 17.9 Å². The molecule has 2 aromatic carbocycles. The van der Waals surface area contributed by atoms with Gasteiger partial charge in [0.05, 0.1) is 18.0 Å². The zero-order valence-corrected chi connectivity index (χ0v) is 16.8. The molecule has 6 nitrogen and oxygen atoms in total. The average molecular weight is 391 g/mol. The molecule has 1 unspecified atom stereocenters. The first kappa shape index (κ1) is 20.9. The van der Waals surface area contributed by atoms with E-state index in [-0.39, 0.29) is 22.9 Å². The van der Waals surface area contributed by atoms with Crippen LogP contribution in [0.1, 0.15) is 49.2 Å². The predicted molar refractivity (Wildman–Crippen MR) is 105 cm³/mol. The maximum Gasteiger partial charge on any atom is 0.251 e. The second-order valence-corrected chi connectivity index (χ2v) is 8.23. The largest absolute Gasteiger partial charge is 0.497 e. The number of carbonyl (C=O) groups excluding carboxylic acids is 1. The molecule has 0 saturated heterocycles. The van der Waals surface area contributed by atoms with E-state index in [0.29, 0.717) is 12.0 Å². The third kappa shape index (κ3) is 5.55. The molecule has 7 heteroatoms. The summed E-state index contributed by atoms with van der Waals surface area (Å²) in [7, 11) is -2.05. The first-order valence-electron chi connectivity index (χ1n) is 8.84. The van der Waals surface area contributed by atoms with Crippen LogP contribution in [0.4, 0.5) is 0 Å². The lowest BCUT2D eigenvalue weighted by atomic mass is 10.0. The molecule has 0 fully saturated rings. The van der Waals surface area contributed by atoms with Crippen molar-refractivity contribution in [3.63, 3.8) is 0 Å². The van der Waals surface area contributed by atoms with Gasteiger partial charge in [-0.2, -0.15) is 0 Å². The van der Waals surface area contributed by atoms with E-state index < -0.39 is 10.0 Å². The Bertz CT molecular complexity index is 877. The van der Waals surface area contributed by atoms with Crippen LogP contribution in [0.3, 0.4) is 0 Å². The molecule has 1 amide bonds. The van der Waals surface area contributed by atoms with Gasteiger partial charge in [-0.25, -0.2) is 13.1 Å². The summed E-state index contributed by atoms with van der Waals surface area (Å²) in [6.45, 7) is 5.46. The molecule has 0 saturated carbocycles. The van der Waals surface area contributed by atoms with Crippen LogP contribution in [0.25, 0.3) is 0 Å². The quantitative estimate of drug-likeness (QED) is 0.725. The molecular formula is C20H26N2O4S. The summed E-state index contributed by atoms with van der Waals surface area (Å²) < 4.78 is 32.3. The van der Waals surface area contributed by atoms with Crippen LogP contribution in [0.5, 0.6) is 5.75 Å². The predicted octanol–water partition coefficient (Wildman–Crippen LogP) is 3.26. The van der Waals surface area contributed by atoms with Gasteiger partial charge in [0.25, 0.3) is 5.91 Å². The van der Waals surface area contributed by atoms with Crippen molar-refractivity contribution in [1.29, 1.82) is 0 Å². The summed E-state index contributed by atoms with van der Waals surface area (Å²) in [4.78, 5) is 12.7. The Morgan fingerprint density at radius 1 is 1.11 bits per heavy atom. The summed E-state index contributed by atoms with van der Waals surface area (Å²) in [5.41, 5.74) is 1.26. The topological polar surface area (TPSA) is 84.5 Å². The maximum atomic E-state index is 12.7. The zero-order valence-electron chi connectivity index (χ0n) is 16.0. The molecule has 0 aliphatic heterocycles. The van der Waals surface area contributed by atoms with Crippen molar-refractivity contribution >= 4 is 15.9 Å². The van der Waals surface area contributed by atoms with E-state index in [4.69, 9.17) is 4.74 Å². The molecule has 0 aliphatic rings. The van der Waals surface area contributed by atoms with E-state index in [0.717, 1.165) is 11.3 Å². The number of hydrogen-bond acceptors (Lipinski definition) is 4. The van der Waals surface area contributed by atoms with Gasteiger partial charge in [-0.05, 0) is 56.2 Å². The number of benzene rings is 2. The number of nitrogens with one attached hydrogen (secondary N) is 2. The summed E-state index contributed by atoms with van der Waals surface area (Å²) >= 11 is 0.